The topological polar surface area (TPSA) is 138 Å². The molecule has 0 spiro atoms. The number of likely N-dealkylation sites (tertiary alicyclic amines) is 1. The number of nitrogens with zero attached hydrogens (tertiary/aromatic N) is 1. The Bertz CT molecular complexity index is 1200. The summed E-state index contributed by atoms with van der Waals surface area (Å²) < 4.78 is 44.2. The number of anilines is 2. The highest BCUT2D eigenvalue weighted by atomic mass is 19.4. The minimum absolute atomic E-state index is 0.0250. The minimum Gasteiger partial charge on any atom is -0.495 e. The van der Waals surface area contributed by atoms with E-state index in [2.05, 4.69) is 26.2 Å². The van der Waals surface area contributed by atoms with Gasteiger partial charge in [-0.2, -0.15) is 13.2 Å². The third-order valence-electron chi connectivity index (χ3n) is 6.01. The molecule has 10 nitrogen and oxygen atoms in total. The van der Waals surface area contributed by atoms with Crippen molar-refractivity contribution in [2.75, 3.05) is 37.8 Å². The van der Waals surface area contributed by atoms with Crippen molar-refractivity contribution in [3.8, 4) is 5.75 Å². The Labute approximate surface area is 224 Å². The van der Waals surface area contributed by atoms with Gasteiger partial charge in [-0.1, -0.05) is 6.07 Å². The number of methoxy groups -OCH3 is 1. The van der Waals surface area contributed by atoms with Crippen molar-refractivity contribution in [2.24, 2.45) is 0 Å². The second-order valence-electron chi connectivity index (χ2n) is 9.56. The van der Waals surface area contributed by atoms with Gasteiger partial charge in [-0.15, -0.1) is 0 Å². The lowest BCUT2D eigenvalue weighted by atomic mass is 10.1. The molecule has 0 saturated carbocycles. The van der Waals surface area contributed by atoms with E-state index in [4.69, 9.17) is 10.5 Å². The predicted octanol–water partition coefficient (Wildman–Crippen LogP) is 2.95. The van der Waals surface area contributed by atoms with Crippen molar-refractivity contribution in [2.45, 2.75) is 45.1 Å². The van der Waals surface area contributed by atoms with Crippen molar-refractivity contribution in [1.82, 2.24) is 20.9 Å². The highest BCUT2D eigenvalue weighted by Crippen LogP contribution is 2.31. The molecule has 2 aromatic carbocycles. The molecule has 1 aliphatic rings. The van der Waals surface area contributed by atoms with Crippen LogP contribution in [0, 0.1) is 0 Å². The van der Waals surface area contributed by atoms with E-state index in [1.807, 2.05) is 26.0 Å². The maximum Gasteiger partial charge on any atom is 0.416 e. The van der Waals surface area contributed by atoms with Gasteiger partial charge in [-0.25, -0.2) is 4.79 Å². The molecule has 1 atom stereocenters. The number of hydrogen-bond acceptors (Lipinski definition) is 6. The van der Waals surface area contributed by atoms with Gasteiger partial charge in [0, 0.05) is 37.4 Å². The van der Waals surface area contributed by atoms with E-state index in [1.54, 1.807) is 6.07 Å². The number of carbonyl (C=O) groups is 3. The molecular weight excluding hydrogens is 517 g/mol. The van der Waals surface area contributed by atoms with Crippen LogP contribution in [0.3, 0.4) is 0 Å². The molecule has 13 heteroatoms. The molecule has 1 heterocycles. The van der Waals surface area contributed by atoms with Crippen LogP contribution in [0.4, 0.5) is 29.3 Å². The van der Waals surface area contributed by atoms with E-state index in [0.717, 1.165) is 17.7 Å². The zero-order valence-electron chi connectivity index (χ0n) is 21.9. The van der Waals surface area contributed by atoms with Crippen LogP contribution in [0.2, 0.25) is 0 Å². The molecule has 2 aromatic rings. The summed E-state index contributed by atoms with van der Waals surface area (Å²) in [6.45, 7) is 5.15. The molecule has 6 N–H and O–H groups in total. The molecule has 0 unspecified atom stereocenters. The number of alkyl halides is 3. The summed E-state index contributed by atoms with van der Waals surface area (Å²) in [5, 5.41) is 10.7. The molecule has 0 aliphatic carbocycles. The molecule has 0 radical (unpaired) electrons. The molecule has 1 saturated heterocycles. The van der Waals surface area contributed by atoms with Crippen LogP contribution < -0.4 is 31.7 Å². The first kappa shape index (κ1) is 29.6. The number of ether oxygens (including phenoxy) is 1. The number of urea groups is 1. The van der Waals surface area contributed by atoms with Gasteiger partial charge in [-0.05, 0) is 56.2 Å². The number of nitrogen functional groups attached to an aromatic ring is 1. The number of nitrogens with two attached hydrogens (primary N) is 1. The predicted molar refractivity (Wildman–Crippen MR) is 140 cm³/mol. The lowest BCUT2D eigenvalue weighted by molar-refractivity contribution is -0.137. The van der Waals surface area contributed by atoms with E-state index >= 15 is 0 Å². The highest BCUT2D eigenvalue weighted by molar-refractivity contribution is 6.00. The van der Waals surface area contributed by atoms with Gasteiger partial charge in [0.15, 0.2) is 0 Å². The maximum atomic E-state index is 13.0. The second kappa shape index (κ2) is 12.7. The zero-order valence-corrected chi connectivity index (χ0v) is 21.9. The Kier molecular flexibility index (Phi) is 9.62. The van der Waals surface area contributed by atoms with Gasteiger partial charge >= 0.3 is 12.2 Å². The molecule has 39 heavy (non-hydrogen) atoms. The summed E-state index contributed by atoms with van der Waals surface area (Å²) in [7, 11) is 1.52. The maximum absolute atomic E-state index is 13.0. The summed E-state index contributed by atoms with van der Waals surface area (Å²) in [6.07, 6.45) is -3.95. The van der Waals surface area contributed by atoms with Crippen molar-refractivity contribution < 1.29 is 32.3 Å². The lowest BCUT2D eigenvalue weighted by Gasteiger charge is -2.19. The SMILES string of the molecule is COc1ccc(CN2CC[C@H](NC(=O)CNC(=O)c3cc(C(F)(F)F)ccc3N)C2)cc1NC(=O)NC(C)C. The standard InChI is InChI=1S/C26H33F3N6O4/c1-15(2)32-25(38)34-21-10-16(4-7-22(21)39-3)13-35-9-8-18(14-35)33-23(36)12-31-24(37)19-11-17(26(27,28)29)5-6-20(19)30/h4-7,10-11,15,18H,8-9,12-14,30H2,1-3H3,(H,31,37)(H,33,36)(H2,32,34,38)/t18-/m0/s1. The van der Waals surface area contributed by atoms with Crippen molar-refractivity contribution >= 4 is 29.2 Å². The summed E-state index contributed by atoms with van der Waals surface area (Å²) in [6, 6.07) is 7.43. The molecule has 4 amide bonds. The van der Waals surface area contributed by atoms with Crippen molar-refractivity contribution in [3.05, 3.63) is 53.1 Å². The van der Waals surface area contributed by atoms with Gasteiger partial charge < -0.3 is 31.7 Å². The Morgan fingerprint density at radius 2 is 1.90 bits per heavy atom. The first-order valence-electron chi connectivity index (χ1n) is 12.4. The molecule has 1 aliphatic heterocycles. The first-order chi connectivity index (χ1) is 18.3. The van der Waals surface area contributed by atoms with Crippen LogP contribution in [-0.2, 0) is 17.5 Å². The van der Waals surface area contributed by atoms with Crippen molar-refractivity contribution in [1.29, 1.82) is 0 Å². The van der Waals surface area contributed by atoms with E-state index in [0.29, 0.717) is 43.6 Å². The quantitative estimate of drug-likeness (QED) is 0.305. The number of rotatable bonds is 9. The summed E-state index contributed by atoms with van der Waals surface area (Å²) in [5.41, 5.74) is 5.66. The fraction of sp³-hybridized carbons (Fsp3) is 0.423. The monoisotopic (exact) mass is 550 g/mol. The molecule has 3 rings (SSSR count). The summed E-state index contributed by atoms with van der Waals surface area (Å²) in [4.78, 5) is 39.0. The van der Waals surface area contributed by atoms with Crippen LogP contribution in [0.1, 0.15) is 41.8 Å². The van der Waals surface area contributed by atoms with Gasteiger partial charge in [0.05, 0.1) is 30.5 Å². The number of amides is 4. The van der Waals surface area contributed by atoms with E-state index in [1.165, 1.54) is 7.11 Å². The highest BCUT2D eigenvalue weighted by Gasteiger charge is 2.31. The molecular formula is C26H33F3N6O4. The third-order valence-corrected chi connectivity index (χ3v) is 6.01. The summed E-state index contributed by atoms with van der Waals surface area (Å²) >= 11 is 0. The average molecular weight is 551 g/mol. The Balaban J connectivity index is 1.50. The summed E-state index contributed by atoms with van der Waals surface area (Å²) in [5.74, 6) is -0.807. The first-order valence-corrected chi connectivity index (χ1v) is 12.4. The van der Waals surface area contributed by atoms with E-state index in [-0.39, 0.29) is 29.4 Å². The fourth-order valence-electron chi connectivity index (χ4n) is 4.19. The van der Waals surface area contributed by atoms with Crippen LogP contribution >= 0.6 is 0 Å². The fourth-order valence-corrected chi connectivity index (χ4v) is 4.19. The number of carbonyl (C=O) groups excluding carboxylic acids is 3. The smallest absolute Gasteiger partial charge is 0.416 e. The number of hydrogen-bond donors (Lipinski definition) is 5. The van der Waals surface area contributed by atoms with Gasteiger partial charge in [0.2, 0.25) is 5.91 Å². The van der Waals surface area contributed by atoms with Crippen LogP contribution in [-0.4, -0.2) is 61.6 Å². The normalized spacial score (nSPS) is 15.6. The van der Waals surface area contributed by atoms with Gasteiger partial charge in [-0.3, -0.25) is 14.5 Å². The number of benzene rings is 2. The molecule has 212 valence electrons. The Morgan fingerprint density at radius 1 is 1.15 bits per heavy atom. The van der Waals surface area contributed by atoms with Gasteiger partial charge in [0.1, 0.15) is 5.75 Å². The van der Waals surface area contributed by atoms with E-state index in [9.17, 15) is 27.6 Å². The molecule has 1 fully saturated rings. The van der Waals surface area contributed by atoms with Gasteiger partial charge in [0.25, 0.3) is 5.91 Å². The third kappa shape index (κ3) is 8.50. The number of nitrogens with one attached hydrogen (secondary N) is 4. The van der Waals surface area contributed by atoms with Crippen LogP contribution in [0.25, 0.3) is 0 Å². The minimum atomic E-state index is -4.62. The second-order valence-corrected chi connectivity index (χ2v) is 9.56. The molecule has 0 aromatic heterocycles. The van der Waals surface area contributed by atoms with Crippen molar-refractivity contribution in [3.63, 3.8) is 0 Å². The van der Waals surface area contributed by atoms with Crippen LogP contribution in [0.15, 0.2) is 36.4 Å². The largest absolute Gasteiger partial charge is 0.495 e. The zero-order chi connectivity index (χ0) is 28.7. The Hall–Kier alpha value is -4.00. The Morgan fingerprint density at radius 3 is 2.56 bits per heavy atom. The van der Waals surface area contributed by atoms with E-state index < -0.39 is 30.1 Å². The molecule has 0 bridgehead atoms. The average Bonchev–Trinajstić information content (AvgIpc) is 3.28. The number of halogens is 3. The lowest BCUT2D eigenvalue weighted by Crippen LogP contribution is -2.43. The van der Waals surface area contributed by atoms with Crippen LogP contribution in [0.5, 0.6) is 5.75 Å².